The highest BCUT2D eigenvalue weighted by atomic mass is 15.1. The van der Waals surface area contributed by atoms with Gasteiger partial charge >= 0.3 is 0 Å². The van der Waals surface area contributed by atoms with E-state index >= 15 is 0 Å². The van der Waals surface area contributed by atoms with E-state index in [-0.39, 0.29) is 0 Å². The van der Waals surface area contributed by atoms with E-state index in [1.54, 1.807) is 0 Å². The summed E-state index contributed by atoms with van der Waals surface area (Å²) in [7, 11) is 0. The second-order valence-electron chi connectivity index (χ2n) is 3.90. The molecule has 2 aliphatic rings. The van der Waals surface area contributed by atoms with Crippen molar-refractivity contribution in [3.8, 4) is 0 Å². The summed E-state index contributed by atoms with van der Waals surface area (Å²) in [6, 6.07) is 4.15. The Morgan fingerprint density at radius 2 is 2.25 bits per heavy atom. The fourth-order valence-corrected chi connectivity index (χ4v) is 1.98. The number of aromatic nitrogens is 1. The molecule has 1 aromatic heterocycles. The largest absolute Gasteiger partial charge is 0.378 e. The molecule has 1 aliphatic heterocycles. The van der Waals surface area contributed by atoms with Crippen LogP contribution >= 0.6 is 0 Å². The van der Waals surface area contributed by atoms with Gasteiger partial charge in [0, 0.05) is 11.7 Å². The van der Waals surface area contributed by atoms with Crippen molar-refractivity contribution in [1.29, 1.82) is 0 Å². The summed E-state index contributed by atoms with van der Waals surface area (Å²) in [6.45, 7) is 0. The fraction of sp³-hybridized carbons (Fsp3) is 0.500. The van der Waals surface area contributed by atoms with Crippen molar-refractivity contribution in [3.63, 3.8) is 0 Å². The van der Waals surface area contributed by atoms with E-state index in [2.05, 4.69) is 16.4 Å². The molecule has 0 saturated heterocycles. The maximum atomic E-state index is 4.35. The van der Waals surface area contributed by atoms with Crippen molar-refractivity contribution in [2.24, 2.45) is 0 Å². The molecule has 1 N–H and O–H groups in total. The van der Waals surface area contributed by atoms with Crippen LogP contribution in [0.2, 0.25) is 0 Å². The minimum Gasteiger partial charge on any atom is -0.378 e. The Bertz CT molecular complexity index is 315. The fourth-order valence-electron chi connectivity index (χ4n) is 1.98. The summed E-state index contributed by atoms with van der Waals surface area (Å²) in [5.74, 6) is 0. The van der Waals surface area contributed by atoms with Crippen LogP contribution in [0.3, 0.4) is 0 Å². The summed E-state index contributed by atoms with van der Waals surface area (Å²) in [6.07, 6.45) is 7.01. The van der Waals surface area contributed by atoms with Crippen LogP contribution in [-0.4, -0.2) is 10.5 Å². The van der Waals surface area contributed by atoms with Gasteiger partial charge in [-0.25, -0.2) is 0 Å². The van der Waals surface area contributed by atoms with Crippen LogP contribution in [0.15, 0.2) is 18.3 Å². The second kappa shape index (κ2) is 2.00. The minimum atomic E-state index is 0.482. The Morgan fingerprint density at radius 1 is 1.33 bits per heavy atom. The number of nitrogens with zero attached hydrogens (tertiary/aromatic N) is 1. The Hall–Kier alpha value is -1.05. The van der Waals surface area contributed by atoms with Gasteiger partial charge in [-0.2, -0.15) is 0 Å². The first-order valence-electron chi connectivity index (χ1n) is 4.60. The third kappa shape index (κ3) is 0.840. The lowest BCUT2D eigenvalue weighted by atomic mass is 10.0. The summed E-state index contributed by atoms with van der Waals surface area (Å²) in [5.41, 5.74) is 2.99. The van der Waals surface area contributed by atoms with Gasteiger partial charge in [-0.05, 0) is 37.8 Å². The molecule has 2 heteroatoms. The monoisotopic (exact) mass is 160 g/mol. The number of rotatable bonds is 0. The summed E-state index contributed by atoms with van der Waals surface area (Å²) in [4.78, 5) is 4.35. The molecule has 0 aromatic carbocycles. The minimum absolute atomic E-state index is 0.482. The third-order valence-corrected chi connectivity index (χ3v) is 2.98. The molecule has 0 amide bonds. The van der Waals surface area contributed by atoms with Crippen LogP contribution in [0.1, 0.15) is 25.0 Å². The topological polar surface area (TPSA) is 24.9 Å². The molecule has 0 atom stereocenters. The molecule has 62 valence electrons. The van der Waals surface area contributed by atoms with E-state index in [0.29, 0.717) is 5.54 Å². The first kappa shape index (κ1) is 6.46. The maximum Gasteiger partial charge on any atom is 0.0635 e. The van der Waals surface area contributed by atoms with Crippen LogP contribution in [0.25, 0.3) is 0 Å². The van der Waals surface area contributed by atoms with Gasteiger partial charge in [0.25, 0.3) is 0 Å². The summed E-state index contributed by atoms with van der Waals surface area (Å²) < 4.78 is 0. The molecular formula is C10H12N2. The number of hydrogen-bond acceptors (Lipinski definition) is 2. The lowest BCUT2D eigenvalue weighted by molar-refractivity contribution is 0.619. The number of aryl methyl sites for hydroxylation is 1. The molecular weight excluding hydrogens is 148 g/mol. The molecule has 1 saturated carbocycles. The van der Waals surface area contributed by atoms with Crippen LogP contribution in [-0.2, 0) is 6.42 Å². The van der Waals surface area contributed by atoms with E-state index in [9.17, 15) is 0 Å². The van der Waals surface area contributed by atoms with E-state index in [1.807, 2.05) is 12.3 Å². The molecule has 0 radical (unpaired) electrons. The van der Waals surface area contributed by atoms with Gasteiger partial charge < -0.3 is 5.32 Å². The normalized spacial score (nSPS) is 23.0. The Labute approximate surface area is 72.0 Å². The van der Waals surface area contributed by atoms with Crippen molar-refractivity contribution in [3.05, 3.63) is 24.0 Å². The maximum absolute atomic E-state index is 4.35. The van der Waals surface area contributed by atoms with E-state index < -0.39 is 0 Å². The standard InChI is InChI=1S/C10H12N2/c1-2-9-8(11-7-1)3-4-10(12-9)5-6-10/h1-2,7,12H,3-6H2. The molecule has 1 spiro atoms. The average Bonchev–Trinajstić information content (AvgIpc) is 2.85. The van der Waals surface area contributed by atoms with Gasteiger partial charge in [0.05, 0.1) is 11.4 Å². The molecule has 0 bridgehead atoms. The molecule has 2 nitrogen and oxygen atoms in total. The predicted octanol–water partition coefficient (Wildman–Crippen LogP) is 1.97. The van der Waals surface area contributed by atoms with E-state index in [1.165, 1.54) is 30.6 Å². The smallest absolute Gasteiger partial charge is 0.0635 e. The molecule has 3 rings (SSSR count). The number of nitrogens with one attached hydrogen (secondary N) is 1. The van der Waals surface area contributed by atoms with Crippen LogP contribution < -0.4 is 5.32 Å². The first-order chi connectivity index (χ1) is 5.88. The molecule has 1 aromatic rings. The van der Waals surface area contributed by atoms with Gasteiger partial charge in [0.15, 0.2) is 0 Å². The number of pyridine rings is 1. The molecule has 0 unspecified atom stereocenters. The Kier molecular flexibility index (Phi) is 1.08. The van der Waals surface area contributed by atoms with Gasteiger partial charge in [-0.3, -0.25) is 4.98 Å². The number of anilines is 1. The molecule has 1 aliphatic carbocycles. The number of fused-ring (bicyclic) bond motifs is 1. The van der Waals surface area contributed by atoms with Crippen molar-refractivity contribution in [1.82, 2.24) is 4.98 Å². The summed E-state index contributed by atoms with van der Waals surface area (Å²) >= 11 is 0. The zero-order valence-corrected chi connectivity index (χ0v) is 7.01. The van der Waals surface area contributed by atoms with Gasteiger partial charge in [0.2, 0.25) is 0 Å². The van der Waals surface area contributed by atoms with Crippen molar-refractivity contribution in [2.75, 3.05) is 5.32 Å². The highest BCUT2D eigenvalue weighted by molar-refractivity contribution is 5.53. The van der Waals surface area contributed by atoms with E-state index in [0.717, 1.165) is 6.42 Å². The molecule has 2 heterocycles. The van der Waals surface area contributed by atoms with Crippen molar-refractivity contribution in [2.45, 2.75) is 31.2 Å². The highest BCUT2D eigenvalue weighted by Gasteiger charge is 2.44. The SMILES string of the molecule is c1cnc2c(c1)NC1(CC2)CC1. The van der Waals surface area contributed by atoms with Gasteiger partial charge in [0.1, 0.15) is 0 Å². The predicted molar refractivity (Wildman–Crippen MR) is 48.1 cm³/mol. The van der Waals surface area contributed by atoms with E-state index in [4.69, 9.17) is 0 Å². The highest BCUT2D eigenvalue weighted by Crippen LogP contribution is 2.46. The Balaban J connectivity index is 2.01. The zero-order valence-electron chi connectivity index (χ0n) is 7.01. The number of hydrogen-bond donors (Lipinski definition) is 1. The van der Waals surface area contributed by atoms with Crippen LogP contribution in [0, 0.1) is 0 Å². The Morgan fingerprint density at radius 3 is 3.08 bits per heavy atom. The summed E-state index contributed by atoms with van der Waals surface area (Å²) in [5, 5.41) is 3.58. The van der Waals surface area contributed by atoms with Crippen molar-refractivity contribution >= 4 is 5.69 Å². The van der Waals surface area contributed by atoms with Crippen molar-refractivity contribution < 1.29 is 0 Å². The van der Waals surface area contributed by atoms with Gasteiger partial charge in [-0.1, -0.05) is 0 Å². The third-order valence-electron chi connectivity index (χ3n) is 2.98. The lowest BCUT2D eigenvalue weighted by Crippen LogP contribution is -2.27. The second-order valence-corrected chi connectivity index (χ2v) is 3.90. The average molecular weight is 160 g/mol. The molecule has 1 fully saturated rings. The lowest BCUT2D eigenvalue weighted by Gasteiger charge is -2.25. The van der Waals surface area contributed by atoms with Crippen LogP contribution in [0.5, 0.6) is 0 Å². The quantitative estimate of drug-likeness (QED) is 0.627. The molecule has 12 heavy (non-hydrogen) atoms. The van der Waals surface area contributed by atoms with Crippen LogP contribution in [0.4, 0.5) is 5.69 Å². The first-order valence-corrected chi connectivity index (χ1v) is 4.60. The van der Waals surface area contributed by atoms with Gasteiger partial charge in [-0.15, -0.1) is 0 Å². The zero-order chi connectivity index (χ0) is 8.02.